The Hall–Kier alpha value is -1.79. The van der Waals surface area contributed by atoms with Crippen LogP contribution in [0.15, 0.2) is 18.2 Å². The van der Waals surface area contributed by atoms with Gasteiger partial charge >= 0.3 is 0 Å². The summed E-state index contributed by atoms with van der Waals surface area (Å²) in [5.41, 5.74) is 2.44. The predicted octanol–water partition coefficient (Wildman–Crippen LogP) is 2.65. The number of carbonyl (C=O) groups is 1. The van der Waals surface area contributed by atoms with Gasteiger partial charge in [0.1, 0.15) is 6.61 Å². The average molecular weight is 285 g/mol. The van der Waals surface area contributed by atoms with Gasteiger partial charge in [-0.2, -0.15) is 0 Å². The van der Waals surface area contributed by atoms with Crippen LogP contribution in [0, 0.1) is 24.2 Å². The summed E-state index contributed by atoms with van der Waals surface area (Å²) in [7, 11) is 0. The van der Waals surface area contributed by atoms with Crippen LogP contribution in [0.3, 0.4) is 0 Å². The Morgan fingerprint density at radius 3 is 2.86 bits per heavy atom. The van der Waals surface area contributed by atoms with Crippen molar-refractivity contribution in [1.82, 2.24) is 5.32 Å². The summed E-state index contributed by atoms with van der Waals surface area (Å²) in [6, 6.07) is 5.84. The third kappa shape index (κ3) is 3.65. The maximum Gasteiger partial charge on any atom is 0.252 e. The van der Waals surface area contributed by atoms with Gasteiger partial charge < -0.3 is 10.4 Å². The van der Waals surface area contributed by atoms with E-state index in [0.717, 1.165) is 24.8 Å². The summed E-state index contributed by atoms with van der Waals surface area (Å²) in [5, 5.41) is 12.0. The third-order valence-corrected chi connectivity index (χ3v) is 4.28. The molecule has 2 rings (SSSR count). The molecule has 1 atom stereocenters. The Balaban J connectivity index is 2.24. The summed E-state index contributed by atoms with van der Waals surface area (Å²) >= 11 is 0. The van der Waals surface area contributed by atoms with Crippen LogP contribution in [-0.2, 0) is 0 Å². The molecule has 2 N–H and O–H groups in total. The van der Waals surface area contributed by atoms with E-state index in [1.54, 1.807) is 0 Å². The van der Waals surface area contributed by atoms with Crippen molar-refractivity contribution in [2.75, 3.05) is 6.61 Å². The van der Waals surface area contributed by atoms with Crippen molar-refractivity contribution in [3.8, 4) is 11.8 Å². The Bertz CT molecular complexity index is 593. The van der Waals surface area contributed by atoms with Crippen molar-refractivity contribution in [2.45, 2.75) is 46.1 Å². The fourth-order valence-corrected chi connectivity index (χ4v) is 2.92. The van der Waals surface area contributed by atoms with Gasteiger partial charge in [0, 0.05) is 11.6 Å². The Morgan fingerprint density at radius 2 is 2.24 bits per heavy atom. The van der Waals surface area contributed by atoms with Crippen LogP contribution in [0.2, 0.25) is 0 Å². The summed E-state index contributed by atoms with van der Waals surface area (Å²) < 4.78 is 0. The van der Waals surface area contributed by atoms with E-state index in [0.29, 0.717) is 11.1 Å². The van der Waals surface area contributed by atoms with Crippen molar-refractivity contribution in [2.24, 2.45) is 5.41 Å². The van der Waals surface area contributed by atoms with Crippen molar-refractivity contribution in [1.29, 1.82) is 0 Å². The second-order valence-corrected chi connectivity index (χ2v) is 6.42. The lowest BCUT2D eigenvalue weighted by atomic mass is 9.87. The number of benzene rings is 1. The number of aliphatic hydroxyl groups is 1. The van der Waals surface area contributed by atoms with Crippen LogP contribution in [0.5, 0.6) is 0 Å². The van der Waals surface area contributed by atoms with Gasteiger partial charge in [0.05, 0.1) is 5.56 Å². The first kappa shape index (κ1) is 15.6. The smallest absolute Gasteiger partial charge is 0.252 e. The number of amides is 1. The summed E-state index contributed by atoms with van der Waals surface area (Å²) in [6.45, 7) is 6.16. The lowest BCUT2D eigenvalue weighted by Crippen LogP contribution is -2.41. The molecule has 1 aliphatic carbocycles. The summed E-state index contributed by atoms with van der Waals surface area (Å²) in [6.07, 6.45) is 3.33. The second kappa shape index (κ2) is 6.32. The SMILES string of the molecule is Cc1ccc(C#CCO)c(C(=O)NC2CCCC2(C)C)c1. The molecule has 3 nitrogen and oxygen atoms in total. The molecular formula is C18H23NO2. The molecule has 1 unspecified atom stereocenters. The highest BCUT2D eigenvalue weighted by Gasteiger charge is 2.35. The van der Waals surface area contributed by atoms with Crippen LogP contribution in [0.25, 0.3) is 0 Å². The number of nitrogens with one attached hydrogen (secondary N) is 1. The predicted molar refractivity (Wildman–Crippen MR) is 84.0 cm³/mol. The van der Waals surface area contributed by atoms with Gasteiger partial charge in [-0.15, -0.1) is 0 Å². The molecule has 112 valence electrons. The molecule has 0 radical (unpaired) electrons. The van der Waals surface area contributed by atoms with Gasteiger partial charge in [0.15, 0.2) is 0 Å². The van der Waals surface area contributed by atoms with E-state index in [2.05, 4.69) is 31.0 Å². The van der Waals surface area contributed by atoms with E-state index in [-0.39, 0.29) is 24.0 Å². The molecule has 0 heterocycles. The number of rotatable bonds is 2. The zero-order valence-electron chi connectivity index (χ0n) is 13.0. The number of aryl methyl sites for hydroxylation is 1. The molecule has 1 aliphatic rings. The Labute approximate surface area is 126 Å². The first-order chi connectivity index (χ1) is 9.94. The third-order valence-electron chi connectivity index (χ3n) is 4.28. The van der Waals surface area contributed by atoms with E-state index < -0.39 is 0 Å². The molecular weight excluding hydrogens is 262 g/mol. The molecule has 1 fully saturated rings. The van der Waals surface area contributed by atoms with E-state index in [4.69, 9.17) is 5.11 Å². The van der Waals surface area contributed by atoms with Crippen LogP contribution >= 0.6 is 0 Å². The van der Waals surface area contributed by atoms with Crippen molar-refractivity contribution in [3.63, 3.8) is 0 Å². The van der Waals surface area contributed by atoms with Crippen LogP contribution in [-0.4, -0.2) is 23.7 Å². The van der Waals surface area contributed by atoms with Crippen LogP contribution in [0.1, 0.15) is 54.6 Å². The van der Waals surface area contributed by atoms with E-state index in [9.17, 15) is 4.79 Å². The Morgan fingerprint density at radius 1 is 1.48 bits per heavy atom. The topological polar surface area (TPSA) is 49.3 Å². The van der Waals surface area contributed by atoms with E-state index in [1.807, 2.05) is 25.1 Å². The lowest BCUT2D eigenvalue weighted by Gasteiger charge is -2.28. The fourth-order valence-electron chi connectivity index (χ4n) is 2.92. The van der Waals surface area contributed by atoms with Gasteiger partial charge in [-0.25, -0.2) is 0 Å². The first-order valence-corrected chi connectivity index (χ1v) is 7.45. The molecule has 1 aromatic carbocycles. The molecule has 1 amide bonds. The van der Waals surface area contributed by atoms with Gasteiger partial charge in [-0.3, -0.25) is 4.79 Å². The van der Waals surface area contributed by atoms with Gasteiger partial charge in [0.2, 0.25) is 0 Å². The highest BCUT2D eigenvalue weighted by molar-refractivity contribution is 5.97. The highest BCUT2D eigenvalue weighted by atomic mass is 16.2. The zero-order chi connectivity index (χ0) is 15.5. The Kier molecular flexibility index (Phi) is 4.69. The fraction of sp³-hybridized carbons (Fsp3) is 0.500. The molecule has 0 bridgehead atoms. The maximum absolute atomic E-state index is 12.6. The maximum atomic E-state index is 12.6. The van der Waals surface area contributed by atoms with Crippen LogP contribution < -0.4 is 5.32 Å². The number of hydrogen-bond donors (Lipinski definition) is 2. The average Bonchev–Trinajstić information content (AvgIpc) is 2.76. The molecule has 0 aliphatic heterocycles. The standard InChI is InChI=1S/C18H23NO2/c1-13-8-9-14(6-5-11-20)15(12-13)17(21)19-16-7-4-10-18(16,2)3/h8-9,12,16,20H,4,7,10-11H2,1-3H3,(H,19,21). The van der Waals surface area contributed by atoms with Gasteiger partial charge in [-0.1, -0.05) is 43.7 Å². The number of hydrogen-bond acceptors (Lipinski definition) is 2. The quantitative estimate of drug-likeness (QED) is 0.821. The second-order valence-electron chi connectivity index (χ2n) is 6.42. The van der Waals surface area contributed by atoms with Crippen molar-refractivity contribution >= 4 is 5.91 Å². The minimum Gasteiger partial charge on any atom is -0.384 e. The lowest BCUT2D eigenvalue weighted by molar-refractivity contribution is 0.0909. The minimum absolute atomic E-state index is 0.0686. The molecule has 0 saturated heterocycles. The number of aliphatic hydroxyl groups excluding tert-OH is 1. The molecule has 0 aromatic heterocycles. The van der Waals surface area contributed by atoms with Gasteiger partial charge in [0.25, 0.3) is 5.91 Å². The van der Waals surface area contributed by atoms with Crippen molar-refractivity contribution < 1.29 is 9.90 Å². The van der Waals surface area contributed by atoms with E-state index in [1.165, 1.54) is 0 Å². The summed E-state index contributed by atoms with van der Waals surface area (Å²) in [4.78, 5) is 12.6. The molecule has 1 saturated carbocycles. The highest BCUT2D eigenvalue weighted by Crippen LogP contribution is 2.37. The monoisotopic (exact) mass is 285 g/mol. The minimum atomic E-state index is -0.204. The van der Waals surface area contributed by atoms with E-state index >= 15 is 0 Å². The van der Waals surface area contributed by atoms with Gasteiger partial charge in [-0.05, 0) is 37.3 Å². The van der Waals surface area contributed by atoms with Crippen LogP contribution in [0.4, 0.5) is 0 Å². The van der Waals surface area contributed by atoms with Crippen molar-refractivity contribution in [3.05, 3.63) is 34.9 Å². The largest absolute Gasteiger partial charge is 0.384 e. The first-order valence-electron chi connectivity index (χ1n) is 7.45. The molecule has 21 heavy (non-hydrogen) atoms. The summed E-state index contributed by atoms with van der Waals surface area (Å²) in [5.74, 6) is 5.40. The zero-order valence-corrected chi connectivity index (χ0v) is 13.0. The normalized spacial score (nSPS) is 19.7. The number of carbonyl (C=O) groups excluding carboxylic acids is 1. The molecule has 3 heteroatoms. The molecule has 0 spiro atoms. The molecule has 1 aromatic rings.